The maximum atomic E-state index is 11.4. The summed E-state index contributed by atoms with van der Waals surface area (Å²) in [6, 6.07) is 1.88. The van der Waals surface area contributed by atoms with Crippen molar-refractivity contribution in [3.05, 3.63) is 23.8 Å². The van der Waals surface area contributed by atoms with Crippen LogP contribution >= 0.6 is 0 Å². The topological polar surface area (TPSA) is 92.8 Å². The van der Waals surface area contributed by atoms with Crippen molar-refractivity contribution in [1.82, 2.24) is 0 Å². The molecule has 0 saturated carbocycles. The first-order chi connectivity index (χ1) is 8.30. The second-order valence-electron chi connectivity index (χ2n) is 3.08. The van der Waals surface area contributed by atoms with Crippen LogP contribution in [0.25, 0.3) is 0 Å². The maximum absolute atomic E-state index is 11.4. The fourth-order valence-electron chi connectivity index (χ4n) is 1.08. The first-order valence-electron chi connectivity index (χ1n) is 5.75. The number of ether oxygens (including phenoxy) is 1. The number of carbonyl (C=O) groups is 1. The van der Waals surface area contributed by atoms with E-state index in [0.29, 0.717) is 0 Å². The molecule has 1 rings (SSSR count). The fraction of sp³-hybridized carbons (Fsp3) is 0.364. The van der Waals surface area contributed by atoms with Crippen LogP contribution in [0.15, 0.2) is 18.2 Å². The third kappa shape index (κ3) is 3.13. The van der Waals surface area contributed by atoms with E-state index in [9.17, 15) is 9.90 Å². The number of nitrogens with two attached hydrogens (primary N) is 1. The van der Waals surface area contributed by atoms with Crippen molar-refractivity contribution in [3.8, 4) is 11.5 Å². The van der Waals surface area contributed by atoms with Crippen molar-refractivity contribution < 1.29 is 22.5 Å². The predicted molar refractivity (Wildman–Crippen MR) is 58.1 cm³/mol. The van der Waals surface area contributed by atoms with Crippen molar-refractivity contribution in [2.75, 3.05) is 6.61 Å². The monoisotopic (exact) mass is 227 g/mol. The first kappa shape index (κ1) is 9.47. The lowest BCUT2D eigenvalue weighted by Crippen LogP contribution is -2.34. The van der Waals surface area contributed by atoms with Crippen LogP contribution in [0.1, 0.15) is 15.2 Å². The lowest BCUT2D eigenvalue weighted by Gasteiger charge is -2.10. The molecule has 0 spiro atoms. The molecule has 1 aromatic rings. The average molecular weight is 227 g/mol. The number of phenolic OH excluding ortho intramolecular Hbond substituents is 2. The van der Waals surface area contributed by atoms with E-state index in [4.69, 9.17) is 13.6 Å². The van der Waals surface area contributed by atoms with E-state index >= 15 is 0 Å². The molecule has 88 valence electrons. The molecule has 1 aromatic carbocycles. The van der Waals surface area contributed by atoms with Gasteiger partial charge in [-0.1, -0.05) is 6.07 Å². The van der Waals surface area contributed by atoms with Gasteiger partial charge >= 0.3 is 5.97 Å². The number of benzene rings is 1. The second kappa shape index (κ2) is 5.37. The first-order valence-corrected chi connectivity index (χ1v) is 4.75. The summed E-state index contributed by atoms with van der Waals surface area (Å²) in [6.07, 6.45) is -2.21. The van der Waals surface area contributed by atoms with Gasteiger partial charge in [0.05, 0.1) is 6.61 Å². The predicted octanol–water partition coefficient (Wildman–Crippen LogP) is 0.531. The molecule has 1 unspecified atom stereocenters. The lowest BCUT2D eigenvalue weighted by atomic mass is 10.1. The Bertz CT molecular complexity index is 451. The van der Waals surface area contributed by atoms with Gasteiger partial charge in [-0.2, -0.15) is 0 Å². The Hall–Kier alpha value is -1.75. The zero-order valence-corrected chi connectivity index (χ0v) is 8.80. The summed E-state index contributed by atoms with van der Waals surface area (Å²) in [5, 5.41) is 18.5. The van der Waals surface area contributed by atoms with Crippen LogP contribution in [0.4, 0.5) is 0 Å². The summed E-state index contributed by atoms with van der Waals surface area (Å²) in [4.78, 5) is 11.4. The summed E-state index contributed by atoms with van der Waals surface area (Å²) in [5.74, 6) is -1.72. The van der Waals surface area contributed by atoms with Crippen molar-refractivity contribution in [1.29, 1.82) is 0 Å². The Morgan fingerprint density at radius 3 is 2.81 bits per heavy atom. The number of rotatable bonds is 4. The summed E-state index contributed by atoms with van der Waals surface area (Å²) >= 11 is 0. The quantitative estimate of drug-likeness (QED) is 0.515. The Kier molecular flexibility index (Phi) is 3.18. The molecule has 16 heavy (non-hydrogen) atoms. The molecule has 0 heterocycles. The van der Waals surface area contributed by atoms with Crippen LogP contribution < -0.4 is 5.73 Å². The number of phenols is 2. The largest absolute Gasteiger partial charge is 0.504 e. The number of carbonyl (C=O) groups excluding carboxylic acids is 1. The number of hydrogen-bond acceptors (Lipinski definition) is 5. The molecule has 0 fully saturated rings. The molecule has 1 atom stereocenters. The minimum Gasteiger partial charge on any atom is -0.504 e. The van der Waals surface area contributed by atoms with Gasteiger partial charge in [0.2, 0.25) is 0 Å². The van der Waals surface area contributed by atoms with Gasteiger partial charge in [0.15, 0.2) is 11.5 Å². The number of hydrogen-bond donors (Lipinski definition) is 3. The zero-order valence-electron chi connectivity index (χ0n) is 10.8. The summed E-state index contributed by atoms with van der Waals surface area (Å²) in [7, 11) is 0. The molecule has 4 N–H and O–H groups in total. The Balaban J connectivity index is 3.04. The van der Waals surface area contributed by atoms with Gasteiger partial charge in [-0.3, -0.25) is 4.79 Å². The number of aromatic hydroxyl groups is 2. The highest BCUT2D eigenvalue weighted by atomic mass is 16.5. The van der Waals surface area contributed by atoms with Gasteiger partial charge in [-0.25, -0.2) is 0 Å². The van der Waals surface area contributed by atoms with E-state index in [2.05, 4.69) is 4.74 Å². The van der Waals surface area contributed by atoms with Gasteiger partial charge in [-0.05, 0) is 31.0 Å². The highest BCUT2D eigenvalue weighted by Crippen LogP contribution is 2.25. The van der Waals surface area contributed by atoms with Crippen LogP contribution in [0.2, 0.25) is 0 Å². The van der Waals surface area contributed by atoms with Crippen LogP contribution in [-0.2, 0) is 15.9 Å². The molecule has 0 bridgehead atoms. The van der Waals surface area contributed by atoms with E-state index in [1.54, 1.807) is 6.92 Å². The van der Waals surface area contributed by atoms with E-state index < -0.39 is 24.1 Å². The molecule has 0 aromatic heterocycles. The molecule has 5 nitrogen and oxygen atoms in total. The van der Waals surface area contributed by atoms with Crippen LogP contribution in [-0.4, -0.2) is 28.8 Å². The number of esters is 1. The van der Waals surface area contributed by atoms with E-state index in [1.165, 1.54) is 6.07 Å². The van der Waals surface area contributed by atoms with Crippen molar-refractivity contribution >= 4 is 5.97 Å². The van der Waals surface area contributed by atoms with Gasteiger partial charge < -0.3 is 20.7 Å². The minimum atomic E-state index is -2.21. The fourth-order valence-corrected chi connectivity index (χ4v) is 1.08. The smallest absolute Gasteiger partial charge is 0.323 e. The molecule has 0 aliphatic carbocycles. The molecule has 5 heteroatoms. The Morgan fingerprint density at radius 1 is 1.56 bits per heavy atom. The molecule has 0 radical (unpaired) electrons. The molecule has 0 amide bonds. The molecule has 0 aliphatic rings. The molecule has 0 aliphatic heterocycles. The highest BCUT2D eigenvalue weighted by molar-refractivity contribution is 5.75. The average Bonchev–Trinajstić information content (AvgIpc) is 2.31. The normalized spacial score (nSPS) is 14.9. The summed E-state index contributed by atoms with van der Waals surface area (Å²) in [6.45, 7) is 1.69. The third-order valence-corrected chi connectivity index (χ3v) is 1.84. The van der Waals surface area contributed by atoms with Crippen molar-refractivity contribution in [2.45, 2.75) is 19.3 Å². The molecular weight excluding hydrogens is 210 g/mol. The van der Waals surface area contributed by atoms with Crippen LogP contribution in [0, 0.1) is 0 Å². The standard InChI is InChI=1S/C11H15NO4/c1-2-16-11(15)8(12)5-7-3-4-9(13)10(14)6-7/h3-4,6,8,13-14H,2,5,12H2,1H3/i5D2. The Morgan fingerprint density at radius 2 is 2.25 bits per heavy atom. The molecular formula is C11H15NO4. The van der Waals surface area contributed by atoms with Gasteiger partial charge in [0.25, 0.3) is 0 Å². The van der Waals surface area contributed by atoms with Gasteiger partial charge in [-0.15, -0.1) is 0 Å². The van der Waals surface area contributed by atoms with E-state index in [0.717, 1.165) is 12.1 Å². The van der Waals surface area contributed by atoms with E-state index in [-0.39, 0.29) is 17.9 Å². The van der Waals surface area contributed by atoms with Gasteiger partial charge in [0, 0.05) is 2.74 Å². The SMILES string of the molecule is [2H]C([2H])(c1ccc(O)c(O)c1)C(N)C(=O)OCC. The van der Waals surface area contributed by atoms with Crippen LogP contribution in [0.3, 0.4) is 0 Å². The van der Waals surface area contributed by atoms with Crippen LogP contribution in [0.5, 0.6) is 11.5 Å². The summed E-state index contributed by atoms with van der Waals surface area (Å²) in [5.41, 5.74) is 5.49. The highest BCUT2D eigenvalue weighted by Gasteiger charge is 2.15. The zero-order chi connectivity index (χ0) is 13.9. The third-order valence-electron chi connectivity index (χ3n) is 1.84. The van der Waals surface area contributed by atoms with Crippen molar-refractivity contribution in [2.24, 2.45) is 5.73 Å². The van der Waals surface area contributed by atoms with Crippen molar-refractivity contribution in [3.63, 3.8) is 0 Å². The lowest BCUT2D eigenvalue weighted by molar-refractivity contribution is -0.144. The van der Waals surface area contributed by atoms with E-state index in [1.807, 2.05) is 0 Å². The maximum Gasteiger partial charge on any atom is 0.323 e. The minimum absolute atomic E-state index is 0.0154. The Labute approximate surface area is 96.3 Å². The second-order valence-corrected chi connectivity index (χ2v) is 3.08. The van der Waals surface area contributed by atoms with Gasteiger partial charge in [0.1, 0.15) is 6.04 Å². The molecule has 0 saturated heterocycles. The summed E-state index contributed by atoms with van der Waals surface area (Å²) < 4.78 is 20.2.